The van der Waals surface area contributed by atoms with Gasteiger partial charge in [-0.2, -0.15) is 0 Å². The highest BCUT2D eigenvalue weighted by Crippen LogP contribution is 2.47. The van der Waals surface area contributed by atoms with Crippen LogP contribution in [0.4, 0.5) is 0 Å². The van der Waals surface area contributed by atoms with Gasteiger partial charge in [-0.15, -0.1) is 0 Å². The van der Waals surface area contributed by atoms with Gasteiger partial charge < -0.3 is 29.4 Å². The molecule has 0 aliphatic carbocycles. The van der Waals surface area contributed by atoms with Gasteiger partial charge in [0.2, 0.25) is 0 Å². The van der Waals surface area contributed by atoms with Crippen molar-refractivity contribution in [2.24, 2.45) is 5.73 Å². The Morgan fingerprint density at radius 1 is 1.00 bits per heavy atom. The summed E-state index contributed by atoms with van der Waals surface area (Å²) in [6, 6.07) is 0. The Balaban J connectivity index is 1.88. The van der Waals surface area contributed by atoms with Crippen molar-refractivity contribution in [3.05, 3.63) is 0 Å². The summed E-state index contributed by atoms with van der Waals surface area (Å²) in [4.78, 5) is 0. The van der Waals surface area contributed by atoms with Crippen molar-refractivity contribution in [1.82, 2.24) is 0 Å². The third kappa shape index (κ3) is 1.79. The molecule has 0 aromatic rings. The molecule has 0 bridgehead atoms. The van der Waals surface area contributed by atoms with Crippen molar-refractivity contribution in [2.45, 2.75) is 63.4 Å². The van der Waals surface area contributed by atoms with Crippen LogP contribution in [-0.2, 0) is 23.7 Å². The van der Waals surface area contributed by atoms with Gasteiger partial charge in [0.1, 0.15) is 17.8 Å². The number of hydrogen-bond donors (Lipinski definition) is 1. The van der Waals surface area contributed by atoms with E-state index in [2.05, 4.69) is 0 Å². The minimum atomic E-state index is -0.665. The quantitative estimate of drug-likeness (QED) is 0.732. The van der Waals surface area contributed by atoms with Crippen LogP contribution in [0, 0.1) is 0 Å². The Kier molecular flexibility index (Phi) is 2.59. The van der Waals surface area contributed by atoms with Crippen LogP contribution in [0.25, 0.3) is 0 Å². The number of nitrogens with two attached hydrogens (primary N) is 1. The fourth-order valence-corrected chi connectivity index (χ4v) is 2.80. The average molecular weight is 259 g/mol. The van der Waals surface area contributed by atoms with Crippen LogP contribution in [0.1, 0.15) is 27.7 Å². The molecule has 3 aliphatic rings. The molecular formula is C12H21NO5. The second-order valence-electron chi connectivity index (χ2n) is 6.08. The maximum Gasteiger partial charge on any atom is 0.190 e. The van der Waals surface area contributed by atoms with Gasteiger partial charge in [-0.05, 0) is 27.7 Å². The van der Waals surface area contributed by atoms with Gasteiger partial charge in [0, 0.05) is 6.54 Å². The molecule has 4 atom stereocenters. The van der Waals surface area contributed by atoms with Crippen LogP contribution < -0.4 is 5.73 Å². The molecule has 6 nitrogen and oxygen atoms in total. The van der Waals surface area contributed by atoms with Crippen LogP contribution in [0.2, 0.25) is 0 Å². The molecule has 104 valence electrons. The molecule has 3 heterocycles. The fourth-order valence-electron chi connectivity index (χ4n) is 2.80. The molecule has 2 N–H and O–H groups in total. The molecule has 0 saturated carbocycles. The lowest BCUT2D eigenvalue weighted by Crippen LogP contribution is -2.62. The lowest BCUT2D eigenvalue weighted by molar-refractivity contribution is -0.346. The molecule has 0 aromatic carbocycles. The van der Waals surface area contributed by atoms with Gasteiger partial charge in [0.25, 0.3) is 0 Å². The molecule has 3 rings (SSSR count). The first-order chi connectivity index (χ1) is 8.27. The van der Waals surface area contributed by atoms with E-state index in [-0.39, 0.29) is 12.2 Å². The van der Waals surface area contributed by atoms with E-state index in [1.54, 1.807) is 0 Å². The molecular weight excluding hydrogens is 238 g/mol. The zero-order chi connectivity index (χ0) is 13.2. The SMILES string of the molecule is CC1(C)OC2OC3(CN)COC(C)(C)OC3C2O1. The van der Waals surface area contributed by atoms with Gasteiger partial charge in [-0.3, -0.25) is 0 Å². The van der Waals surface area contributed by atoms with E-state index in [0.29, 0.717) is 13.2 Å². The van der Waals surface area contributed by atoms with E-state index in [0.717, 1.165) is 0 Å². The molecule has 6 heteroatoms. The van der Waals surface area contributed by atoms with Crippen LogP contribution in [0.3, 0.4) is 0 Å². The standard InChI is InChI=1S/C12H21NO5/c1-10(2)14-6-12(5-13)8(16-10)7-9(18-12)17-11(3,4)15-7/h7-9H,5-6,13H2,1-4H3. The summed E-state index contributed by atoms with van der Waals surface area (Å²) < 4.78 is 29.2. The van der Waals surface area contributed by atoms with Crippen molar-refractivity contribution in [3.63, 3.8) is 0 Å². The average Bonchev–Trinajstić information content (AvgIpc) is 2.68. The Labute approximate surface area is 107 Å². The molecule has 0 radical (unpaired) electrons. The zero-order valence-electron chi connectivity index (χ0n) is 11.3. The first kappa shape index (κ1) is 12.8. The third-order valence-electron chi connectivity index (χ3n) is 3.68. The van der Waals surface area contributed by atoms with Crippen LogP contribution >= 0.6 is 0 Å². The summed E-state index contributed by atoms with van der Waals surface area (Å²) in [5, 5.41) is 0. The first-order valence-corrected chi connectivity index (χ1v) is 6.32. The topological polar surface area (TPSA) is 72.2 Å². The van der Waals surface area contributed by atoms with E-state index in [1.165, 1.54) is 0 Å². The van der Waals surface area contributed by atoms with E-state index >= 15 is 0 Å². The largest absolute Gasteiger partial charge is 0.347 e. The lowest BCUT2D eigenvalue weighted by Gasteiger charge is -2.45. The molecule has 3 saturated heterocycles. The van der Waals surface area contributed by atoms with E-state index in [1.807, 2.05) is 27.7 Å². The van der Waals surface area contributed by atoms with E-state index < -0.39 is 23.5 Å². The molecule has 3 aliphatic heterocycles. The Bertz CT molecular complexity index is 358. The number of ether oxygens (including phenoxy) is 5. The molecule has 0 aromatic heterocycles. The smallest absolute Gasteiger partial charge is 0.190 e. The predicted octanol–water partition coefficient (Wildman–Crippen LogP) is 0.343. The van der Waals surface area contributed by atoms with Crippen molar-refractivity contribution < 1.29 is 23.7 Å². The minimum Gasteiger partial charge on any atom is -0.347 e. The van der Waals surface area contributed by atoms with E-state index in [4.69, 9.17) is 29.4 Å². The van der Waals surface area contributed by atoms with Gasteiger partial charge in [0.15, 0.2) is 17.9 Å². The van der Waals surface area contributed by atoms with Gasteiger partial charge in [0.05, 0.1) is 6.61 Å². The van der Waals surface area contributed by atoms with Crippen molar-refractivity contribution >= 4 is 0 Å². The monoisotopic (exact) mass is 259 g/mol. The summed E-state index contributed by atoms with van der Waals surface area (Å²) in [5.74, 6) is -1.31. The molecule has 4 unspecified atom stereocenters. The molecule has 18 heavy (non-hydrogen) atoms. The normalized spacial score (nSPS) is 48.8. The summed E-state index contributed by atoms with van der Waals surface area (Å²) in [6.07, 6.45) is -0.962. The summed E-state index contributed by atoms with van der Waals surface area (Å²) in [6.45, 7) is 8.19. The van der Waals surface area contributed by atoms with Gasteiger partial charge in [-0.25, -0.2) is 0 Å². The highest BCUT2D eigenvalue weighted by molar-refractivity contribution is 5.07. The second-order valence-corrected chi connectivity index (χ2v) is 6.08. The maximum atomic E-state index is 5.97. The Hall–Kier alpha value is -0.240. The van der Waals surface area contributed by atoms with Crippen molar-refractivity contribution in [2.75, 3.05) is 13.2 Å². The minimum absolute atomic E-state index is 0.258. The Morgan fingerprint density at radius 2 is 1.72 bits per heavy atom. The van der Waals surface area contributed by atoms with Crippen molar-refractivity contribution in [1.29, 1.82) is 0 Å². The first-order valence-electron chi connectivity index (χ1n) is 6.32. The number of hydrogen-bond acceptors (Lipinski definition) is 6. The fraction of sp³-hybridized carbons (Fsp3) is 1.00. The number of fused-ring (bicyclic) bond motifs is 3. The predicted molar refractivity (Wildman–Crippen MR) is 61.6 cm³/mol. The zero-order valence-corrected chi connectivity index (χ0v) is 11.3. The summed E-state index contributed by atoms with van der Waals surface area (Å²) in [5.41, 5.74) is 5.18. The van der Waals surface area contributed by atoms with Crippen LogP contribution in [0.5, 0.6) is 0 Å². The Morgan fingerprint density at radius 3 is 2.39 bits per heavy atom. The number of rotatable bonds is 1. The molecule has 0 amide bonds. The van der Waals surface area contributed by atoms with Crippen LogP contribution in [0.15, 0.2) is 0 Å². The third-order valence-corrected chi connectivity index (χ3v) is 3.68. The highest BCUT2D eigenvalue weighted by Gasteiger charge is 2.65. The highest BCUT2D eigenvalue weighted by atomic mass is 16.9. The summed E-state index contributed by atoms with van der Waals surface area (Å²) in [7, 11) is 0. The van der Waals surface area contributed by atoms with Crippen LogP contribution in [-0.4, -0.2) is 48.8 Å². The molecule has 3 fully saturated rings. The van der Waals surface area contributed by atoms with Gasteiger partial charge in [-0.1, -0.05) is 0 Å². The lowest BCUT2D eigenvalue weighted by atomic mass is 9.94. The van der Waals surface area contributed by atoms with Crippen molar-refractivity contribution in [3.8, 4) is 0 Å². The second kappa shape index (κ2) is 3.65. The molecule has 0 spiro atoms. The maximum absolute atomic E-state index is 5.97. The van der Waals surface area contributed by atoms with Gasteiger partial charge >= 0.3 is 0 Å². The van der Waals surface area contributed by atoms with E-state index in [9.17, 15) is 0 Å². The summed E-state index contributed by atoms with van der Waals surface area (Å²) >= 11 is 0.